The topological polar surface area (TPSA) is 55.8 Å². The zero-order valence-electron chi connectivity index (χ0n) is 15.5. The van der Waals surface area contributed by atoms with Crippen molar-refractivity contribution in [3.8, 4) is 0 Å². The van der Waals surface area contributed by atoms with Gasteiger partial charge in [0.25, 0.3) is 0 Å². The van der Waals surface area contributed by atoms with E-state index in [0.29, 0.717) is 20.1 Å². The third-order valence-corrected chi connectivity index (χ3v) is 6.27. The molecule has 1 aliphatic heterocycles. The average molecular weight is 458 g/mol. The predicted octanol–water partition coefficient (Wildman–Crippen LogP) is 5.48. The molecule has 1 aliphatic rings. The summed E-state index contributed by atoms with van der Waals surface area (Å²) >= 11 is 12.5. The lowest BCUT2D eigenvalue weighted by atomic mass is 10.1. The van der Waals surface area contributed by atoms with E-state index in [-0.39, 0.29) is 12.1 Å². The van der Waals surface area contributed by atoms with Crippen LogP contribution in [0.4, 0.5) is 19.3 Å². The molecule has 0 radical (unpaired) electrons. The quantitative estimate of drug-likeness (QED) is 0.361. The van der Waals surface area contributed by atoms with Gasteiger partial charge in [-0.05, 0) is 44.2 Å². The smallest absolute Gasteiger partial charge is 0.329 e. The third-order valence-electron chi connectivity index (χ3n) is 4.41. The largest absolute Gasteiger partial charge is 0.347 e. The molecule has 3 rings (SSSR count). The number of rotatable bonds is 4. The van der Waals surface area contributed by atoms with E-state index in [4.69, 9.17) is 23.8 Å². The molecule has 154 valence electrons. The number of anilines is 1. The number of amides is 2. The van der Waals surface area contributed by atoms with Crippen LogP contribution in [0.15, 0.2) is 42.5 Å². The number of carbonyl (C=O) groups is 1. The van der Waals surface area contributed by atoms with Crippen molar-refractivity contribution in [3.63, 3.8) is 0 Å². The van der Waals surface area contributed by atoms with Gasteiger partial charge in [-0.1, -0.05) is 47.7 Å². The Morgan fingerprint density at radius 3 is 2.55 bits per heavy atom. The highest BCUT2D eigenvalue weighted by atomic mass is 35.5. The zero-order valence-corrected chi connectivity index (χ0v) is 17.9. The third kappa shape index (κ3) is 4.63. The first-order valence-electron chi connectivity index (χ1n) is 8.57. The van der Waals surface area contributed by atoms with Crippen LogP contribution in [0.2, 0.25) is 5.02 Å². The van der Waals surface area contributed by atoms with Gasteiger partial charge in [0.2, 0.25) is 0 Å². The summed E-state index contributed by atoms with van der Waals surface area (Å²) in [5.41, 5.74) is 0.195. The molecule has 5 nitrogen and oxygen atoms in total. The summed E-state index contributed by atoms with van der Waals surface area (Å²) in [6, 6.07) is 9.17. The number of urea groups is 1. The van der Waals surface area contributed by atoms with Crippen LogP contribution in [0.25, 0.3) is 0 Å². The Labute approximate surface area is 181 Å². The fourth-order valence-corrected chi connectivity index (χ4v) is 5.16. The lowest BCUT2D eigenvalue weighted by molar-refractivity contribution is -0.116. The summed E-state index contributed by atoms with van der Waals surface area (Å²) in [7, 11) is 0. The molecule has 2 aromatic rings. The molecule has 1 unspecified atom stereocenters. The Hall–Kier alpha value is -1.94. The number of carbonyl (C=O) groups excluding carboxylic acids is 1. The van der Waals surface area contributed by atoms with Gasteiger partial charge in [0.15, 0.2) is 0 Å². The lowest BCUT2D eigenvalue weighted by Gasteiger charge is -2.37. The van der Waals surface area contributed by atoms with Gasteiger partial charge in [0.1, 0.15) is 22.1 Å². The molecule has 1 atom stereocenters. The van der Waals surface area contributed by atoms with Crippen LogP contribution in [0.5, 0.6) is 0 Å². The van der Waals surface area contributed by atoms with Gasteiger partial charge in [0.05, 0.1) is 11.3 Å². The van der Waals surface area contributed by atoms with Crippen molar-refractivity contribution in [2.75, 3.05) is 5.32 Å². The molecular weight excluding hydrogens is 440 g/mol. The van der Waals surface area contributed by atoms with Gasteiger partial charge in [-0.25, -0.2) is 13.6 Å². The molecule has 0 spiro atoms. The average Bonchev–Trinajstić information content (AvgIpc) is 2.85. The Kier molecular flexibility index (Phi) is 6.33. The monoisotopic (exact) mass is 457 g/mol. The molecule has 0 bridgehead atoms. The second kappa shape index (κ2) is 8.43. The summed E-state index contributed by atoms with van der Waals surface area (Å²) in [5.74, 6) is -1.46. The number of halogens is 3. The zero-order chi connectivity index (χ0) is 21.3. The van der Waals surface area contributed by atoms with Gasteiger partial charge in [-0.3, -0.25) is 5.21 Å². The van der Waals surface area contributed by atoms with Crippen LogP contribution in [0, 0.1) is 11.6 Å². The Morgan fingerprint density at radius 1 is 1.31 bits per heavy atom. The minimum atomic E-state index is -0.960. The molecule has 10 heteroatoms. The minimum Gasteiger partial charge on any atom is -0.329 e. The van der Waals surface area contributed by atoms with Gasteiger partial charge >= 0.3 is 6.03 Å². The normalized spacial score (nSPS) is 18.1. The first-order valence-corrected chi connectivity index (χ1v) is 10.2. The second-order valence-corrected chi connectivity index (χ2v) is 9.68. The maximum absolute atomic E-state index is 14.2. The fourth-order valence-electron chi connectivity index (χ4n) is 3.10. The van der Waals surface area contributed by atoms with Crippen molar-refractivity contribution in [2.24, 2.45) is 0 Å². The van der Waals surface area contributed by atoms with E-state index in [0.717, 1.165) is 12.1 Å². The summed E-state index contributed by atoms with van der Waals surface area (Å²) in [4.78, 5) is 14.1. The second-order valence-electron chi connectivity index (χ2n) is 6.96. The predicted molar refractivity (Wildman–Crippen MR) is 114 cm³/mol. The molecule has 2 aromatic carbocycles. The van der Waals surface area contributed by atoms with Crippen LogP contribution in [0.1, 0.15) is 19.4 Å². The van der Waals surface area contributed by atoms with E-state index >= 15 is 0 Å². The number of nitrogens with one attached hydrogen (secondary N) is 1. The van der Waals surface area contributed by atoms with Gasteiger partial charge in [-0.15, -0.1) is 0 Å². The van der Waals surface area contributed by atoms with Crippen LogP contribution in [-0.2, 0) is 6.54 Å². The van der Waals surface area contributed by atoms with Crippen molar-refractivity contribution in [1.82, 2.24) is 9.96 Å². The molecule has 1 saturated heterocycles. The van der Waals surface area contributed by atoms with E-state index in [2.05, 4.69) is 5.32 Å². The maximum Gasteiger partial charge on any atom is 0.347 e. The number of thiocarbonyl (C=S) groups is 1. The molecule has 2 N–H and O–H groups in total. The number of hydrogen-bond donors (Lipinski definition) is 2. The van der Waals surface area contributed by atoms with Crippen LogP contribution >= 0.6 is 35.6 Å². The summed E-state index contributed by atoms with van der Waals surface area (Å²) in [6.45, 7) is 3.32. The van der Waals surface area contributed by atoms with Gasteiger partial charge in [0, 0.05) is 16.3 Å². The van der Waals surface area contributed by atoms with Crippen molar-refractivity contribution in [2.45, 2.75) is 31.3 Å². The fraction of sp³-hybridized carbons (Fsp3) is 0.263. The van der Waals surface area contributed by atoms with Crippen LogP contribution in [0.3, 0.4) is 0 Å². The molecule has 0 aliphatic carbocycles. The van der Waals surface area contributed by atoms with E-state index in [9.17, 15) is 18.8 Å². The molecule has 0 saturated carbocycles. The van der Waals surface area contributed by atoms with E-state index in [1.54, 1.807) is 32.0 Å². The first kappa shape index (κ1) is 21.8. The highest BCUT2D eigenvalue weighted by Gasteiger charge is 2.49. The number of hydrogen-bond acceptors (Lipinski definition) is 4. The highest BCUT2D eigenvalue weighted by Crippen LogP contribution is 2.43. The summed E-state index contributed by atoms with van der Waals surface area (Å²) < 4.78 is 27.9. The minimum absolute atomic E-state index is 0.193. The van der Waals surface area contributed by atoms with Crippen molar-refractivity contribution >= 4 is 51.6 Å². The Bertz CT molecular complexity index is 941. The van der Waals surface area contributed by atoms with E-state index < -0.39 is 28.6 Å². The highest BCUT2D eigenvalue weighted by molar-refractivity contribution is 8.24. The molecule has 29 heavy (non-hydrogen) atoms. The van der Waals surface area contributed by atoms with Gasteiger partial charge in [-0.2, -0.15) is 5.06 Å². The van der Waals surface area contributed by atoms with E-state index in [1.165, 1.54) is 28.8 Å². The van der Waals surface area contributed by atoms with Crippen molar-refractivity contribution in [3.05, 3.63) is 64.7 Å². The van der Waals surface area contributed by atoms with E-state index in [1.807, 2.05) is 0 Å². The summed E-state index contributed by atoms with van der Waals surface area (Å²) in [6.07, 6.45) is -0.960. The number of thioether (sulfide) groups is 1. The SMILES string of the molecule is CC1(C)SC(=S)N(Cc2c(F)cccc2F)C1N(O)C(=O)Nc1cccc(Cl)c1. The van der Waals surface area contributed by atoms with Crippen molar-refractivity contribution in [1.29, 1.82) is 0 Å². The van der Waals surface area contributed by atoms with Crippen molar-refractivity contribution < 1.29 is 18.8 Å². The molecular formula is C19H18ClF2N3O2S2. The van der Waals surface area contributed by atoms with Gasteiger partial charge < -0.3 is 10.2 Å². The molecule has 1 heterocycles. The number of hydroxylamine groups is 2. The number of nitrogens with zero attached hydrogens (tertiary/aromatic N) is 2. The summed E-state index contributed by atoms with van der Waals surface area (Å²) in [5, 5.41) is 14.1. The maximum atomic E-state index is 14.2. The first-order chi connectivity index (χ1) is 13.6. The number of benzene rings is 2. The Morgan fingerprint density at radius 2 is 1.93 bits per heavy atom. The standard InChI is InChI=1S/C19H18ClF2N3O2S2/c1-19(2)16(25(27)17(26)23-12-6-3-5-11(20)9-12)24(18(28)29-19)10-13-14(21)7-4-8-15(13)22/h3-9,16,27H,10H2,1-2H3,(H,23,26). The molecule has 1 fully saturated rings. The molecule has 0 aromatic heterocycles. The Balaban J connectivity index is 1.87. The van der Waals surface area contributed by atoms with Crippen LogP contribution in [-0.4, -0.2) is 36.4 Å². The molecule has 2 amide bonds. The van der Waals surface area contributed by atoms with Crippen LogP contribution < -0.4 is 5.32 Å². The lowest BCUT2D eigenvalue weighted by Crippen LogP contribution is -2.55.